The summed E-state index contributed by atoms with van der Waals surface area (Å²) in [5.74, 6) is -0.118. The zero-order chi connectivity index (χ0) is 21.8. The van der Waals surface area contributed by atoms with Crippen LogP contribution in [0.1, 0.15) is 11.3 Å². The number of benzene rings is 2. The zero-order valence-corrected chi connectivity index (χ0v) is 16.4. The number of rotatable bonds is 5. The van der Waals surface area contributed by atoms with Crippen LogP contribution in [-0.2, 0) is 17.8 Å². The molecule has 0 unspecified atom stereocenters. The molecule has 1 aromatic heterocycles. The topological polar surface area (TPSA) is 51.7 Å². The first-order valence-electron chi connectivity index (χ1n) is 9.68. The van der Waals surface area contributed by atoms with E-state index in [1.54, 1.807) is 30.5 Å². The molecule has 2 heterocycles. The Morgan fingerprint density at radius 1 is 1.00 bits per heavy atom. The van der Waals surface area contributed by atoms with Gasteiger partial charge in [0.1, 0.15) is 11.5 Å². The minimum Gasteiger partial charge on any atom is -0.425 e. The molecule has 0 N–H and O–H groups in total. The largest absolute Gasteiger partial charge is 0.573 e. The minimum atomic E-state index is -4.73. The fraction of sp³-hybridized carbons (Fsp3) is 0.217. The van der Waals surface area contributed by atoms with Gasteiger partial charge in [0.2, 0.25) is 0 Å². The lowest BCUT2D eigenvalue weighted by atomic mass is 10.0. The molecule has 31 heavy (non-hydrogen) atoms. The van der Waals surface area contributed by atoms with Crippen LogP contribution < -0.4 is 9.47 Å². The van der Waals surface area contributed by atoms with Crippen LogP contribution in [0.4, 0.5) is 13.2 Å². The van der Waals surface area contributed by atoms with Crippen molar-refractivity contribution < 1.29 is 27.4 Å². The second-order valence-corrected chi connectivity index (χ2v) is 7.15. The Morgan fingerprint density at radius 2 is 1.77 bits per heavy atom. The van der Waals surface area contributed by atoms with Crippen LogP contribution in [0.25, 0.3) is 11.1 Å². The molecule has 2 aromatic carbocycles. The highest BCUT2D eigenvalue weighted by molar-refractivity contribution is 5.76. The molecule has 4 rings (SSSR count). The van der Waals surface area contributed by atoms with Gasteiger partial charge in [0, 0.05) is 37.0 Å². The van der Waals surface area contributed by atoms with E-state index >= 15 is 0 Å². The van der Waals surface area contributed by atoms with Gasteiger partial charge in [0.05, 0.1) is 6.54 Å². The van der Waals surface area contributed by atoms with Gasteiger partial charge in [-0.25, -0.2) is 0 Å². The van der Waals surface area contributed by atoms with Gasteiger partial charge in [0.15, 0.2) is 0 Å². The maximum Gasteiger partial charge on any atom is 0.573 e. The molecule has 5 nitrogen and oxygen atoms in total. The number of carbonyl (C=O) groups is 1. The van der Waals surface area contributed by atoms with E-state index in [9.17, 15) is 18.0 Å². The van der Waals surface area contributed by atoms with Crippen molar-refractivity contribution in [3.05, 3.63) is 78.1 Å². The molecule has 1 aliphatic heterocycles. The molecule has 3 aromatic rings. The summed E-state index contributed by atoms with van der Waals surface area (Å²) >= 11 is 0. The number of esters is 1. The van der Waals surface area contributed by atoms with Crippen molar-refractivity contribution in [2.45, 2.75) is 19.3 Å². The Labute approximate surface area is 177 Å². The van der Waals surface area contributed by atoms with E-state index in [0.717, 1.165) is 22.4 Å². The summed E-state index contributed by atoms with van der Waals surface area (Å²) in [6.07, 6.45) is -2.30. The van der Waals surface area contributed by atoms with Gasteiger partial charge in [-0.15, -0.1) is 13.2 Å². The monoisotopic (exact) mass is 428 g/mol. The number of fused-ring (bicyclic) bond motifs is 1. The van der Waals surface area contributed by atoms with E-state index in [2.05, 4.69) is 9.72 Å². The summed E-state index contributed by atoms with van der Waals surface area (Å²) in [5, 5.41) is 0. The molecule has 0 aliphatic carbocycles. The van der Waals surface area contributed by atoms with Gasteiger partial charge >= 0.3 is 12.3 Å². The Kier molecular flexibility index (Phi) is 5.90. The Bertz CT molecular complexity index is 1050. The fourth-order valence-electron chi connectivity index (χ4n) is 3.44. The lowest BCUT2D eigenvalue weighted by Crippen LogP contribution is -2.31. The number of hydrogen-bond acceptors (Lipinski definition) is 5. The van der Waals surface area contributed by atoms with E-state index in [-0.39, 0.29) is 18.3 Å². The van der Waals surface area contributed by atoms with Gasteiger partial charge in [-0.2, -0.15) is 0 Å². The molecule has 0 bridgehead atoms. The minimum absolute atomic E-state index is 0.167. The van der Waals surface area contributed by atoms with Crippen LogP contribution in [0.2, 0.25) is 0 Å². The first-order valence-corrected chi connectivity index (χ1v) is 9.68. The third-order valence-corrected chi connectivity index (χ3v) is 4.86. The molecule has 8 heteroatoms. The quantitative estimate of drug-likeness (QED) is 0.439. The van der Waals surface area contributed by atoms with Crippen LogP contribution in [0.3, 0.4) is 0 Å². The SMILES string of the molecule is O=C1CN(CCc2ccccn2)Cc2cc(-c3ccc(OC(F)(F)F)cc3)ccc2O1. The lowest BCUT2D eigenvalue weighted by molar-refractivity contribution is -0.274. The van der Waals surface area contributed by atoms with Crippen molar-refractivity contribution in [3.8, 4) is 22.6 Å². The van der Waals surface area contributed by atoms with Crippen molar-refractivity contribution >= 4 is 5.97 Å². The van der Waals surface area contributed by atoms with E-state index in [1.807, 2.05) is 29.2 Å². The van der Waals surface area contributed by atoms with Crippen molar-refractivity contribution in [2.75, 3.05) is 13.1 Å². The first kappa shape index (κ1) is 20.9. The Hall–Kier alpha value is -3.39. The molecular formula is C23H19F3N2O3. The number of halogens is 3. The number of nitrogens with zero attached hydrogens (tertiary/aromatic N) is 2. The third kappa shape index (κ3) is 5.61. The average molecular weight is 428 g/mol. The second-order valence-electron chi connectivity index (χ2n) is 7.15. The van der Waals surface area contributed by atoms with Crippen LogP contribution in [0.15, 0.2) is 66.9 Å². The van der Waals surface area contributed by atoms with Gasteiger partial charge in [-0.05, 0) is 47.5 Å². The second kappa shape index (κ2) is 8.77. The molecule has 160 valence electrons. The average Bonchev–Trinajstić information content (AvgIpc) is 2.89. The summed E-state index contributed by atoms with van der Waals surface area (Å²) < 4.78 is 46.5. The molecule has 0 atom stereocenters. The smallest absolute Gasteiger partial charge is 0.425 e. The van der Waals surface area contributed by atoms with Crippen molar-refractivity contribution in [1.29, 1.82) is 0 Å². The van der Waals surface area contributed by atoms with Crippen molar-refractivity contribution in [3.63, 3.8) is 0 Å². The zero-order valence-electron chi connectivity index (χ0n) is 16.4. The molecule has 0 radical (unpaired) electrons. The summed E-state index contributed by atoms with van der Waals surface area (Å²) in [7, 11) is 0. The number of alkyl halides is 3. The lowest BCUT2D eigenvalue weighted by Gasteiger charge is -2.18. The number of aromatic nitrogens is 1. The maximum absolute atomic E-state index is 12.4. The Balaban J connectivity index is 1.51. The van der Waals surface area contributed by atoms with Crippen LogP contribution in [0, 0.1) is 0 Å². The molecule has 1 aliphatic rings. The maximum atomic E-state index is 12.4. The van der Waals surface area contributed by atoms with Crippen LogP contribution in [-0.4, -0.2) is 35.3 Å². The van der Waals surface area contributed by atoms with E-state index in [0.29, 0.717) is 25.3 Å². The molecule has 0 saturated heterocycles. The highest BCUT2D eigenvalue weighted by Crippen LogP contribution is 2.31. The molecule has 0 amide bonds. The Morgan fingerprint density at radius 3 is 2.48 bits per heavy atom. The predicted molar refractivity (Wildman–Crippen MR) is 107 cm³/mol. The number of carbonyl (C=O) groups excluding carboxylic acids is 1. The highest BCUT2D eigenvalue weighted by Gasteiger charge is 2.31. The third-order valence-electron chi connectivity index (χ3n) is 4.86. The normalized spacial score (nSPS) is 14.5. The van der Waals surface area contributed by atoms with Gasteiger partial charge in [-0.1, -0.05) is 24.3 Å². The summed E-state index contributed by atoms with van der Waals surface area (Å²) in [6.45, 7) is 1.32. The van der Waals surface area contributed by atoms with Crippen molar-refractivity contribution in [1.82, 2.24) is 9.88 Å². The fourth-order valence-corrected chi connectivity index (χ4v) is 3.44. The molecule has 0 saturated carbocycles. The predicted octanol–water partition coefficient (Wildman–Crippen LogP) is 4.61. The summed E-state index contributed by atoms with van der Waals surface area (Å²) in [6, 6.07) is 16.8. The summed E-state index contributed by atoms with van der Waals surface area (Å²) in [5.41, 5.74) is 3.31. The van der Waals surface area contributed by atoms with Crippen LogP contribution in [0.5, 0.6) is 11.5 Å². The van der Waals surface area contributed by atoms with Gasteiger partial charge in [-0.3, -0.25) is 14.7 Å². The van der Waals surface area contributed by atoms with E-state index in [1.165, 1.54) is 12.1 Å². The first-order chi connectivity index (χ1) is 14.9. The molecule has 0 fully saturated rings. The molecular weight excluding hydrogens is 409 g/mol. The van der Waals surface area contributed by atoms with Crippen molar-refractivity contribution in [2.24, 2.45) is 0 Å². The van der Waals surface area contributed by atoms with Gasteiger partial charge in [0.25, 0.3) is 0 Å². The number of ether oxygens (including phenoxy) is 2. The number of hydrogen-bond donors (Lipinski definition) is 0. The standard InChI is InChI=1S/C23H19F3N2O3/c24-23(25,26)31-20-7-4-16(5-8-20)17-6-9-21-18(13-17)14-28(15-22(29)30-21)12-10-19-3-1-2-11-27-19/h1-9,11,13H,10,12,14-15H2. The van der Waals surface area contributed by atoms with Gasteiger partial charge < -0.3 is 9.47 Å². The van der Waals surface area contributed by atoms with E-state index in [4.69, 9.17) is 4.74 Å². The van der Waals surface area contributed by atoms with Crippen LogP contribution >= 0.6 is 0 Å². The summed E-state index contributed by atoms with van der Waals surface area (Å²) in [4.78, 5) is 18.5. The highest BCUT2D eigenvalue weighted by atomic mass is 19.4. The molecule has 0 spiro atoms. The number of pyridine rings is 1. The van der Waals surface area contributed by atoms with E-state index < -0.39 is 6.36 Å².